The number of hydrogen-bond acceptors (Lipinski definition) is 1. The molecule has 1 fully saturated rings. The molecule has 76 valence electrons. The van der Waals surface area contributed by atoms with Crippen LogP contribution in [0.1, 0.15) is 55.1 Å². The molecule has 0 amide bonds. The molecule has 2 aliphatic rings. The van der Waals surface area contributed by atoms with Gasteiger partial charge in [0.25, 0.3) is 0 Å². The monoisotopic (exact) mass is 190 g/mol. The van der Waals surface area contributed by atoms with Crippen molar-refractivity contribution in [2.75, 3.05) is 0 Å². The maximum absolute atomic E-state index is 4.71. The van der Waals surface area contributed by atoms with Crippen molar-refractivity contribution in [2.45, 2.75) is 57.9 Å². The van der Waals surface area contributed by atoms with Gasteiger partial charge >= 0.3 is 0 Å². The minimum absolute atomic E-state index is 0.760. The molecule has 0 bridgehead atoms. The Kier molecular flexibility index (Phi) is 1.89. The minimum Gasteiger partial charge on any atom is -0.266 e. The van der Waals surface area contributed by atoms with Crippen molar-refractivity contribution in [3.05, 3.63) is 17.0 Å². The molecular formula is C12H18N2. The lowest BCUT2D eigenvalue weighted by Gasteiger charge is -2.04. The summed E-state index contributed by atoms with van der Waals surface area (Å²) in [7, 11) is 0. The Balaban J connectivity index is 2.04. The van der Waals surface area contributed by atoms with E-state index in [1.54, 1.807) is 11.3 Å². The number of fused-ring (bicyclic) bond motifs is 1. The van der Waals surface area contributed by atoms with Gasteiger partial charge in [-0.3, -0.25) is 4.68 Å². The quantitative estimate of drug-likeness (QED) is 0.623. The van der Waals surface area contributed by atoms with E-state index in [1.807, 2.05) is 0 Å². The van der Waals surface area contributed by atoms with Crippen LogP contribution in [-0.2, 0) is 12.8 Å². The van der Waals surface area contributed by atoms with Crippen LogP contribution in [0.25, 0.3) is 0 Å². The molecule has 0 unspecified atom stereocenters. The summed E-state index contributed by atoms with van der Waals surface area (Å²) in [4.78, 5) is 0. The highest BCUT2D eigenvalue weighted by Crippen LogP contribution is 2.37. The minimum atomic E-state index is 0.760. The molecule has 2 heteroatoms. The maximum Gasteiger partial charge on any atom is 0.0628 e. The number of hydrogen-bond donors (Lipinski definition) is 0. The summed E-state index contributed by atoms with van der Waals surface area (Å²) in [6.07, 6.45) is 9.38. The molecule has 1 heterocycles. The smallest absolute Gasteiger partial charge is 0.0628 e. The van der Waals surface area contributed by atoms with Crippen molar-refractivity contribution in [3.8, 4) is 0 Å². The lowest BCUT2D eigenvalue weighted by Crippen LogP contribution is -2.02. The molecule has 2 aliphatic carbocycles. The van der Waals surface area contributed by atoms with E-state index in [-0.39, 0.29) is 0 Å². The van der Waals surface area contributed by atoms with Gasteiger partial charge in [-0.1, -0.05) is 6.42 Å². The Morgan fingerprint density at radius 2 is 1.93 bits per heavy atom. The molecule has 0 aliphatic heterocycles. The Hall–Kier alpha value is -0.790. The molecule has 0 atom stereocenters. The summed E-state index contributed by atoms with van der Waals surface area (Å²) in [5.41, 5.74) is 4.45. The molecule has 1 saturated carbocycles. The molecular weight excluding hydrogens is 172 g/mol. The third-order valence-corrected chi connectivity index (χ3v) is 3.55. The highest BCUT2D eigenvalue weighted by Gasteiger charge is 2.29. The largest absolute Gasteiger partial charge is 0.266 e. The summed E-state index contributed by atoms with van der Waals surface area (Å²) >= 11 is 0. The fourth-order valence-corrected chi connectivity index (χ4v) is 2.61. The number of rotatable bonds is 1. The zero-order valence-electron chi connectivity index (χ0n) is 8.92. The zero-order valence-corrected chi connectivity index (χ0v) is 8.92. The molecule has 3 rings (SSSR count). The molecule has 1 aromatic rings. The molecule has 1 aromatic heterocycles. The zero-order chi connectivity index (χ0) is 9.54. The number of nitrogens with zero attached hydrogens (tertiary/aromatic N) is 2. The molecule has 0 saturated heterocycles. The van der Waals surface area contributed by atoms with Gasteiger partial charge in [-0.15, -0.1) is 0 Å². The first-order valence-electron chi connectivity index (χ1n) is 5.93. The molecule has 2 nitrogen and oxygen atoms in total. The van der Waals surface area contributed by atoms with Gasteiger partial charge in [0.1, 0.15) is 0 Å². The van der Waals surface area contributed by atoms with Crippen molar-refractivity contribution in [1.82, 2.24) is 9.78 Å². The summed E-state index contributed by atoms with van der Waals surface area (Å²) in [5.74, 6) is 0. The van der Waals surface area contributed by atoms with E-state index in [0.29, 0.717) is 0 Å². The van der Waals surface area contributed by atoms with Crippen LogP contribution in [0.4, 0.5) is 0 Å². The molecule has 0 spiro atoms. The molecule has 14 heavy (non-hydrogen) atoms. The second-order valence-electron chi connectivity index (χ2n) is 4.75. The van der Waals surface area contributed by atoms with Gasteiger partial charge in [0.15, 0.2) is 0 Å². The fraction of sp³-hybridized carbons (Fsp3) is 0.750. The van der Waals surface area contributed by atoms with E-state index in [2.05, 4.69) is 11.6 Å². The topological polar surface area (TPSA) is 17.8 Å². The van der Waals surface area contributed by atoms with Crippen molar-refractivity contribution in [3.63, 3.8) is 0 Å². The highest BCUT2D eigenvalue weighted by molar-refractivity contribution is 5.27. The maximum atomic E-state index is 4.71. The third-order valence-electron chi connectivity index (χ3n) is 3.55. The summed E-state index contributed by atoms with van der Waals surface area (Å²) < 4.78 is 2.34. The van der Waals surface area contributed by atoms with Crippen LogP contribution in [-0.4, -0.2) is 9.78 Å². The van der Waals surface area contributed by atoms with Crippen LogP contribution in [0, 0.1) is 6.92 Å². The first-order valence-corrected chi connectivity index (χ1v) is 5.93. The van der Waals surface area contributed by atoms with Gasteiger partial charge in [-0.2, -0.15) is 5.10 Å². The van der Waals surface area contributed by atoms with Crippen molar-refractivity contribution < 1.29 is 0 Å². The van der Waals surface area contributed by atoms with Crippen LogP contribution in [0.2, 0.25) is 0 Å². The van der Waals surface area contributed by atoms with E-state index >= 15 is 0 Å². The first-order chi connectivity index (χ1) is 6.86. The predicted octanol–water partition coefficient (Wildman–Crippen LogP) is 2.80. The number of aromatic nitrogens is 2. The lowest BCUT2D eigenvalue weighted by molar-refractivity contribution is 0.588. The predicted molar refractivity (Wildman–Crippen MR) is 56.5 cm³/mol. The van der Waals surface area contributed by atoms with E-state index in [0.717, 1.165) is 6.04 Å². The average Bonchev–Trinajstić information content (AvgIpc) is 2.99. The second-order valence-corrected chi connectivity index (χ2v) is 4.75. The SMILES string of the molecule is Cc1nn(C2CC2)c2c1CCCCC2. The lowest BCUT2D eigenvalue weighted by atomic mass is 10.1. The summed E-state index contributed by atoms with van der Waals surface area (Å²) in [5, 5.41) is 4.71. The van der Waals surface area contributed by atoms with Crippen LogP contribution in [0.5, 0.6) is 0 Å². The van der Waals surface area contributed by atoms with Gasteiger partial charge < -0.3 is 0 Å². The summed E-state index contributed by atoms with van der Waals surface area (Å²) in [6.45, 7) is 2.18. The summed E-state index contributed by atoms with van der Waals surface area (Å²) in [6, 6.07) is 0.760. The van der Waals surface area contributed by atoms with Crippen LogP contribution < -0.4 is 0 Å². The second kappa shape index (κ2) is 3.11. The fourth-order valence-electron chi connectivity index (χ4n) is 2.61. The van der Waals surface area contributed by atoms with Gasteiger partial charge in [0.05, 0.1) is 11.7 Å². The highest BCUT2D eigenvalue weighted by atomic mass is 15.3. The van der Waals surface area contributed by atoms with Crippen LogP contribution in [0.3, 0.4) is 0 Å². The van der Waals surface area contributed by atoms with E-state index in [9.17, 15) is 0 Å². The third kappa shape index (κ3) is 1.28. The van der Waals surface area contributed by atoms with Crippen molar-refractivity contribution >= 4 is 0 Å². The average molecular weight is 190 g/mol. The Bertz CT molecular complexity index is 347. The van der Waals surface area contributed by atoms with Gasteiger partial charge in [0, 0.05) is 5.69 Å². The van der Waals surface area contributed by atoms with E-state index in [4.69, 9.17) is 5.10 Å². The number of aryl methyl sites for hydroxylation is 1. The Morgan fingerprint density at radius 1 is 1.14 bits per heavy atom. The van der Waals surface area contributed by atoms with Crippen LogP contribution in [0.15, 0.2) is 0 Å². The van der Waals surface area contributed by atoms with E-state index in [1.165, 1.54) is 50.6 Å². The molecule has 0 radical (unpaired) electrons. The van der Waals surface area contributed by atoms with Crippen LogP contribution >= 0.6 is 0 Å². The standard InChI is InChI=1S/C12H18N2/c1-9-11-5-3-2-4-6-12(11)14(13-9)10-7-8-10/h10H,2-8H2,1H3. The molecule has 0 N–H and O–H groups in total. The van der Waals surface area contributed by atoms with Gasteiger partial charge in [-0.05, 0) is 51.0 Å². The van der Waals surface area contributed by atoms with Crippen molar-refractivity contribution in [1.29, 1.82) is 0 Å². The van der Waals surface area contributed by atoms with Gasteiger partial charge in [0.2, 0.25) is 0 Å². The van der Waals surface area contributed by atoms with Gasteiger partial charge in [-0.25, -0.2) is 0 Å². The normalized spacial score (nSPS) is 21.8. The van der Waals surface area contributed by atoms with E-state index < -0.39 is 0 Å². The Labute approximate surface area is 85.3 Å². The Morgan fingerprint density at radius 3 is 2.71 bits per heavy atom. The molecule has 0 aromatic carbocycles. The van der Waals surface area contributed by atoms with Crippen molar-refractivity contribution in [2.24, 2.45) is 0 Å². The first kappa shape index (κ1) is 8.51.